The second-order valence-electron chi connectivity index (χ2n) is 5.45. The van der Waals surface area contributed by atoms with Gasteiger partial charge < -0.3 is 9.72 Å². The van der Waals surface area contributed by atoms with Gasteiger partial charge in [0.15, 0.2) is 0 Å². The molecule has 1 amide bonds. The van der Waals surface area contributed by atoms with Gasteiger partial charge in [-0.05, 0) is 41.3 Å². The van der Waals surface area contributed by atoms with Crippen molar-refractivity contribution in [2.24, 2.45) is 0 Å². The summed E-state index contributed by atoms with van der Waals surface area (Å²) < 4.78 is 1.93. The Morgan fingerprint density at radius 2 is 1.96 bits per heavy atom. The van der Waals surface area contributed by atoms with Crippen LogP contribution in [0, 0.1) is 0 Å². The van der Waals surface area contributed by atoms with E-state index in [0.29, 0.717) is 6.42 Å². The zero-order valence-corrected chi connectivity index (χ0v) is 13.7. The van der Waals surface area contributed by atoms with E-state index >= 15 is 0 Å². The molecule has 0 fully saturated rings. The summed E-state index contributed by atoms with van der Waals surface area (Å²) in [6.45, 7) is 0. The summed E-state index contributed by atoms with van der Waals surface area (Å²) in [4.78, 5) is 17.8. The molecule has 0 aliphatic carbocycles. The molecule has 0 saturated heterocycles. The topological polar surface area (TPSA) is 46.4 Å². The Bertz CT molecular complexity index is 971. The van der Waals surface area contributed by atoms with E-state index in [1.165, 1.54) is 4.88 Å². The Kier molecular flexibility index (Phi) is 3.84. The smallest absolute Gasteiger partial charge is 0.230 e. The van der Waals surface area contributed by atoms with Gasteiger partial charge in [0, 0.05) is 28.7 Å². The molecule has 24 heavy (non-hydrogen) atoms. The predicted octanol–water partition coefficient (Wildman–Crippen LogP) is 4.24. The summed E-state index contributed by atoms with van der Waals surface area (Å²) in [5, 5.41) is 5.01. The monoisotopic (exact) mass is 333 g/mol. The van der Waals surface area contributed by atoms with Gasteiger partial charge in [0.25, 0.3) is 0 Å². The number of amides is 1. The zero-order valence-electron chi connectivity index (χ0n) is 12.8. The minimum absolute atomic E-state index is 0.0416. The maximum atomic E-state index is 12.3. The van der Waals surface area contributed by atoms with Crippen LogP contribution in [0.4, 0.5) is 5.69 Å². The molecule has 0 unspecified atom stereocenters. The summed E-state index contributed by atoms with van der Waals surface area (Å²) in [5.41, 5.74) is 3.72. The fourth-order valence-electron chi connectivity index (χ4n) is 2.68. The number of pyridine rings is 1. The molecule has 3 heterocycles. The number of rotatable bonds is 4. The van der Waals surface area contributed by atoms with E-state index in [0.717, 1.165) is 22.6 Å². The van der Waals surface area contributed by atoms with E-state index in [-0.39, 0.29) is 5.91 Å². The van der Waals surface area contributed by atoms with Crippen LogP contribution in [0.25, 0.3) is 16.1 Å². The standard InChI is InChI=1S/C19H15N3OS/c23-19(13-16-3-1-5-18-20-10-11-22(16)18)21-15-8-6-14(7-9-15)17-4-2-12-24-17/h1-12H,13H2,(H,21,23). The number of imidazole rings is 1. The van der Waals surface area contributed by atoms with Crippen LogP contribution < -0.4 is 5.32 Å². The Labute approximate surface area is 143 Å². The molecular weight excluding hydrogens is 318 g/mol. The van der Waals surface area contributed by atoms with Gasteiger partial charge in [0.2, 0.25) is 5.91 Å². The molecule has 0 aliphatic heterocycles. The molecule has 0 radical (unpaired) electrons. The van der Waals surface area contributed by atoms with E-state index in [1.54, 1.807) is 17.5 Å². The van der Waals surface area contributed by atoms with Crippen LogP contribution in [-0.4, -0.2) is 15.3 Å². The molecular formula is C19H15N3OS. The highest BCUT2D eigenvalue weighted by atomic mass is 32.1. The van der Waals surface area contributed by atoms with E-state index < -0.39 is 0 Å². The summed E-state index contributed by atoms with van der Waals surface area (Å²) in [6.07, 6.45) is 3.91. The van der Waals surface area contributed by atoms with Crippen molar-refractivity contribution in [3.05, 3.63) is 78.1 Å². The number of nitrogens with zero attached hydrogens (tertiary/aromatic N) is 2. The maximum absolute atomic E-state index is 12.3. The van der Waals surface area contributed by atoms with Gasteiger partial charge in [-0.25, -0.2) is 4.98 Å². The number of anilines is 1. The lowest BCUT2D eigenvalue weighted by Crippen LogP contribution is -2.16. The van der Waals surface area contributed by atoms with Crippen molar-refractivity contribution in [3.8, 4) is 10.4 Å². The molecule has 4 rings (SSSR count). The number of thiophene rings is 1. The van der Waals surface area contributed by atoms with E-state index in [4.69, 9.17) is 0 Å². The van der Waals surface area contributed by atoms with E-state index in [2.05, 4.69) is 21.7 Å². The summed E-state index contributed by atoms with van der Waals surface area (Å²) in [6, 6.07) is 17.8. The Hall–Kier alpha value is -2.92. The minimum Gasteiger partial charge on any atom is -0.326 e. The summed E-state index contributed by atoms with van der Waals surface area (Å²) in [7, 11) is 0. The molecule has 0 saturated carbocycles. The van der Waals surface area contributed by atoms with Crippen LogP contribution in [-0.2, 0) is 11.2 Å². The first-order valence-electron chi connectivity index (χ1n) is 7.64. The molecule has 5 heteroatoms. The molecule has 0 aliphatic rings. The first-order valence-corrected chi connectivity index (χ1v) is 8.52. The maximum Gasteiger partial charge on any atom is 0.230 e. The quantitative estimate of drug-likeness (QED) is 0.607. The molecule has 1 N–H and O–H groups in total. The lowest BCUT2D eigenvalue weighted by molar-refractivity contribution is -0.115. The summed E-state index contributed by atoms with van der Waals surface area (Å²) in [5.74, 6) is -0.0416. The molecule has 118 valence electrons. The van der Waals surface area contributed by atoms with Crippen molar-refractivity contribution in [1.29, 1.82) is 0 Å². The fourth-order valence-corrected chi connectivity index (χ4v) is 3.41. The predicted molar refractivity (Wildman–Crippen MR) is 97.3 cm³/mol. The van der Waals surface area contributed by atoms with Crippen LogP contribution in [0.15, 0.2) is 72.4 Å². The molecule has 1 aromatic carbocycles. The SMILES string of the molecule is O=C(Cc1cccc2nccn12)Nc1ccc(-c2cccs2)cc1. The Balaban J connectivity index is 1.47. The molecule has 3 aromatic heterocycles. The number of fused-ring (bicyclic) bond motifs is 1. The lowest BCUT2D eigenvalue weighted by atomic mass is 10.1. The van der Waals surface area contributed by atoms with Crippen molar-refractivity contribution in [2.75, 3.05) is 5.32 Å². The van der Waals surface area contributed by atoms with Crippen LogP contribution in [0.1, 0.15) is 5.69 Å². The van der Waals surface area contributed by atoms with Crippen molar-refractivity contribution >= 4 is 28.6 Å². The van der Waals surface area contributed by atoms with Crippen molar-refractivity contribution < 1.29 is 4.79 Å². The Morgan fingerprint density at radius 3 is 2.75 bits per heavy atom. The second-order valence-corrected chi connectivity index (χ2v) is 6.40. The van der Waals surface area contributed by atoms with Gasteiger partial charge in [-0.3, -0.25) is 4.79 Å². The number of carbonyl (C=O) groups excluding carboxylic acids is 1. The van der Waals surface area contributed by atoms with Gasteiger partial charge in [-0.1, -0.05) is 24.3 Å². The number of carbonyl (C=O) groups is 1. The highest BCUT2D eigenvalue weighted by Gasteiger charge is 2.08. The average molecular weight is 333 g/mol. The number of nitrogens with one attached hydrogen (secondary N) is 1. The van der Waals surface area contributed by atoms with Crippen LogP contribution >= 0.6 is 11.3 Å². The van der Waals surface area contributed by atoms with Gasteiger partial charge >= 0.3 is 0 Å². The molecule has 4 aromatic rings. The van der Waals surface area contributed by atoms with Gasteiger partial charge in [0.1, 0.15) is 5.65 Å². The van der Waals surface area contributed by atoms with Crippen LogP contribution in [0.5, 0.6) is 0 Å². The average Bonchev–Trinajstić information content (AvgIpc) is 3.27. The molecule has 4 nitrogen and oxygen atoms in total. The summed E-state index contributed by atoms with van der Waals surface area (Å²) >= 11 is 1.70. The molecule has 0 spiro atoms. The van der Waals surface area contributed by atoms with Crippen LogP contribution in [0.3, 0.4) is 0 Å². The van der Waals surface area contributed by atoms with Gasteiger partial charge in [-0.2, -0.15) is 0 Å². The zero-order chi connectivity index (χ0) is 16.4. The third-order valence-electron chi connectivity index (χ3n) is 3.83. The van der Waals surface area contributed by atoms with Crippen molar-refractivity contribution in [2.45, 2.75) is 6.42 Å². The highest BCUT2D eigenvalue weighted by molar-refractivity contribution is 7.13. The van der Waals surface area contributed by atoms with Crippen molar-refractivity contribution in [1.82, 2.24) is 9.38 Å². The first-order chi connectivity index (χ1) is 11.8. The lowest BCUT2D eigenvalue weighted by Gasteiger charge is -2.08. The number of hydrogen-bond acceptors (Lipinski definition) is 3. The third kappa shape index (κ3) is 2.94. The van der Waals surface area contributed by atoms with Crippen molar-refractivity contribution in [3.63, 3.8) is 0 Å². The fraction of sp³-hybridized carbons (Fsp3) is 0.0526. The number of aromatic nitrogens is 2. The first kappa shape index (κ1) is 14.7. The van der Waals surface area contributed by atoms with Crippen LogP contribution in [0.2, 0.25) is 0 Å². The number of hydrogen-bond donors (Lipinski definition) is 1. The minimum atomic E-state index is -0.0416. The molecule has 0 atom stereocenters. The molecule has 0 bridgehead atoms. The highest BCUT2D eigenvalue weighted by Crippen LogP contribution is 2.25. The second kappa shape index (κ2) is 6.29. The third-order valence-corrected chi connectivity index (χ3v) is 4.75. The normalized spacial score (nSPS) is 10.8. The van der Waals surface area contributed by atoms with E-state index in [9.17, 15) is 4.79 Å². The van der Waals surface area contributed by atoms with Gasteiger partial charge in [0.05, 0.1) is 6.42 Å². The van der Waals surface area contributed by atoms with E-state index in [1.807, 2.05) is 59.1 Å². The number of benzene rings is 1. The van der Waals surface area contributed by atoms with Gasteiger partial charge in [-0.15, -0.1) is 11.3 Å². The Morgan fingerprint density at radius 1 is 1.08 bits per heavy atom. The largest absolute Gasteiger partial charge is 0.326 e.